The van der Waals surface area contributed by atoms with Gasteiger partial charge in [0.15, 0.2) is 11.4 Å². The van der Waals surface area contributed by atoms with Crippen molar-refractivity contribution in [3.63, 3.8) is 0 Å². The van der Waals surface area contributed by atoms with E-state index in [1.807, 2.05) is 0 Å². The predicted molar refractivity (Wildman–Crippen MR) is 123 cm³/mol. The monoisotopic (exact) mass is 492 g/mol. The highest BCUT2D eigenvalue weighted by Crippen LogP contribution is 2.49. The number of rotatable bonds is 7. The fraction of sp³-hybridized carbons (Fsp3) is 0.480. The molecular weight excluding hydrogens is 460 g/mol. The molecule has 1 saturated heterocycles. The lowest BCUT2D eigenvalue weighted by molar-refractivity contribution is -0.404. The maximum Gasteiger partial charge on any atom is 0.232 e. The molecular formula is C25H32O10. The Labute approximate surface area is 202 Å². The van der Waals surface area contributed by atoms with Crippen molar-refractivity contribution in [3.05, 3.63) is 53.6 Å². The number of aliphatic hydroxyl groups is 5. The number of phenolic OH excluding ortho intramolecular Hbond substituents is 2. The molecule has 6 atom stereocenters. The van der Waals surface area contributed by atoms with Gasteiger partial charge in [0.05, 0.1) is 18.3 Å². The largest absolute Gasteiger partial charge is 0.508 e. The van der Waals surface area contributed by atoms with Crippen LogP contribution in [0.4, 0.5) is 0 Å². The number of hydrogen-bond acceptors (Lipinski definition) is 10. The Balaban J connectivity index is 1.75. The third kappa shape index (κ3) is 4.49. The van der Waals surface area contributed by atoms with Crippen molar-refractivity contribution in [1.29, 1.82) is 0 Å². The Hall–Kier alpha value is -2.73. The lowest BCUT2D eigenvalue weighted by atomic mass is 9.63. The highest BCUT2D eigenvalue weighted by atomic mass is 16.7. The van der Waals surface area contributed by atoms with Crippen molar-refractivity contribution in [2.45, 2.75) is 68.9 Å². The van der Waals surface area contributed by atoms with Crippen LogP contribution in [0.5, 0.6) is 17.2 Å². The molecule has 0 aromatic heterocycles. The SMILES string of the molecule is C[C@@]1(O)[C@@](C)(O)[C@](C)(O)[C@@H](Oc2ccc([C@H](O)CC(=O)c3ccc(O)cc3O)cc2)O[C@]1(C)CO. The minimum atomic E-state index is -2.14. The van der Waals surface area contributed by atoms with Crippen LogP contribution >= 0.6 is 0 Å². The molecule has 0 unspecified atom stereocenters. The van der Waals surface area contributed by atoms with Gasteiger partial charge in [-0.15, -0.1) is 0 Å². The Morgan fingerprint density at radius 2 is 1.60 bits per heavy atom. The highest BCUT2D eigenvalue weighted by molar-refractivity contribution is 5.99. The number of benzene rings is 2. The molecule has 7 N–H and O–H groups in total. The van der Waals surface area contributed by atoms with Crippen LogP contribution in [0.25, 0.3) is 0 Å². The third-order valence-corrected chi connectivity index (χ3v) is 7.26. The van der Waals surface area contributed by atoms with Crippen LogP contribution in [-0.4, -0.2) is 76.8 Å². The van der Waals surface area contributed by atoms with Crippen LogP contribution < -0.4 is 4.74 Å². The zero-order valence-corrected chi connectivity index (χ0v) is 20.0. The van der Waals surface area contributed by atoms with Gasteiger partial charge in [-0.3, -0.25) is 4.79 Å². The van der Waals surface area contributed by atoms with Gasteiger partial charge < -0.3 is 45.2 Å². The molecule has 2 aromatic rings. The van der Waals surface area contributed by atoms with Gasteiger partial charge in [-0.05, 0) is 57.5 Å². The number of ether oxygens (including phenoxy) is 2. The molecule has 0 amide bonds. The average molecular weight is 493 g/mol. The van der Waals surface area contributed by atoms with E-state index in [-0.39, 0.29) is 23.5 Å². The summed E-state index contributed by atoms with van der Waals surface area (Å²) in [5.41, 5.74) is -7.60. The first kappa shape index (κ1) is 26.9. The quantitative estimate of drug-likeness (QED) is 0.277. The molecule has 1 aliphatic rings. The van der Waals surface area contributed by atoms with Gasteiger partial charge in [0.25, 0.3) is 0 Å². The fourth-order valence-electron chi connectivity index (χ4n) is 4.08. The summed E-state index contributed by atoms with van der Waals surface area (Å²) in [4.78, 5) is 12.4. The number of carbonyl (C=O) groups excluding carboxylic acids is 1. The summed E-state index contributed by atoms with van der Waals surface area (Å²) in [6, 6.07) is 9.44. The second-order valence-corrected chi connectivity index (χ2v) is 9.66. The molecule has 0 saturated carbocycles. The molecule has 10 nitrogen and oxygen atoms in total. The first-order valence-corrected chi connectivity index (χ1v) is 11.0. The number of Topliss-reactive ketones (excluding diaryl/α,β-unsaturated/α-hetero) is 1. The second-order valence-electron chi connectivity index (χ2n) is 9.66. The minimum absolute atomic E-state index is 0.0339. The molecule has 0 spiro atoms. The summed E-state index contributed by atoms with van der Waals surface area (Å²) >= 11 is 0. The second kappa shape index (κ2) is 9.05. The van der Waals surface area contributed by atoms with E-state index in [2.05, 4.69) is 0 Å². The Morgan fingerprint density at radius 1 is 1.00 bits per heavy atom. The van der Waals surface area contributed by atoms with Crippen molar-refractivity contribution < 1.29 is 50.0 Å². The summed E-state index contributed by atoms with van der Waals surface area (Å²) in [6.45, 7) is 4.44. The zero-order chi connectivity index (χ0) is 26.4. The van der Waals surface area contributed by atoms with E-state index in [9.17, 15) is 40.5 Å². The van der Waals surface area contributed by atoms with Gasteiger partial charge in [0.1, 0.15) is 34.1 Å². The standard InChI is InChI=1S/C25H32O10/c1-22(13-26)24(3,32)25(4,33)23(2,31)21(35-22)34-16-8-5-14(6-9-16)18(28)12-20(30)17-10-7-15(27)11-19(17)29/h5-11,18,21,26-29,31-33H,12-13H2,1-4H3/t18-,21+,22-,23-,24+,25+/m1/s1. The normalized spacial score (nSPS) is 33.8. The van der Waals surface area contributed by atoms with Crippen molar-refractivity contribution >= 4 is 5.78 Å². The van der Waals surface area contributed by atoms with E-state index in [1.165, 1.54) is 64.1 Å². The molecule has 3 rings (SSSR count). The smallest absolute Gasteiger partial charge is 0.232 e. The zero-order valence-electron chi connectivity index (χ0n) is 20.0. The van der Waals surface area contributed by atoms with Crippen LogP contribution in [0.2, 0.25) is 0 Å². The first-order valence-electron chi connectivity index (χ1n) is 11.0. The number of phenols is 2. The summed E-state index contributed by atoms with van der Waals surface area (Å²) in [7, 11) is 0. The average Bonchev–Trinajstić information content (AvgIpc) is 2.77. The molecule has 0 aliphatic carbocycles. The van der Waals surface area contributed by atoms with Crippen LogP contribution in [-0.2, 0) is 4.74 Å². The molecule has 0 bridgehead atoms. The minimum Gasteiger partial charge on any atom is -0.508 e. The van der Waals surface area contributed by atoms with Crippen molar-refractivity contribution in [1.82, 2.24) is 0 Å². The van der Waals surface area contributed by atoms with E-state index in [0.29, 0.717) is 5.56 Å². The lowest BCUT2D eigenvalue weighted by Gasteiger charge is -2.61. The summed E-state index contributed by atoms with van der Waals surface area (Å²) in [5, 5.41) is 72.4. The molecule has 35 heavy (non-hydrogen) atoms. The van der Waals surface area contributed by atoms with E-state index < -0.39 is 52.9 Å². The third-order valence-electron chi connectivity index (χ3n) is 7.26. The van der Waals surface area contributed by atoms with Crippen molar-refractivity contribution in [2.24, 2.45) is 0 Å². The van der Waals surface area contributed by atoms with Crippen LogP contribution in [0.1, 0.15) is 56.1 Å². The molecule has 192 valence electrons. The first-order chi connectivity index (χ1) is 16.1. The number of carbonyl (C=O) groups is 1. The molecule has 2 aromatic carbocycles. The number of hydrogen-bond donors (Lipinski definition) is 7. The van der Waals surface area contributed by atoms with Gasteiger partial charge in [0, 0.05) is 12.5 Å². The van der Waals surface area contributed by atoms with E-state index >= 15 is 0 Å². The number of aliphatic hydroxyl groups excluding tert-OH is 2. The molecule has 1 fully saturated rings. The van der Waals surface area contributed by atoms with Crippen LogP contribution in [0.15, 0.2) is 42.5 Å². The summed E-state index contributed by atoms with van der Waals surface area (Å²) < 4.78 is 11.5. The van der Waals surface area contributed by atoms with Crippen molar-refractivity contribution in [3.8, 4) is 17.2 Å². The van der Waals surface area contributed by atoms with Crippen LogP contribution in [0, 0.1) is 0 Å². The predicted octanol–water partition coefficient (Wildman–Crippen LogP) is 1.14. The number of aromatic hydroxyl groups is 2. The Kier molecular flexibility index (Phi) is 6.95. The van der Waals surface area contributed by atoms with Crippen molar-refractivity contribution in [2.75, 3.05) is 6.61 Å². The van der Waals surface area contributed by atoms with Crippen LogP contribution in [0.3, 0.4) is 0 Å². The number of ketones is 1. The van der Waals surface area contributed by atoms with E-state index in [0.717, 1.165) is 6.07 Å². The molecule has 10 heteroatoms. The maximum atomic E-state index is 12.4. The fourth-order valence-corrected chi connectivity index (χ4v) is 4.08. The van der Waals surface area contributed by atoms with Gasteiger partial charge in [0.2, 0.25) is 6.29 Å². The lowest BCUT2D eigenvalue weighted by Crippen LogP contribution is -2.82. The Bertz CT molecular complexity index is 1080. The topological polar surface area (TPSA) is 177 Å². The maximum absolute atomic E-state index is 12.4. The van der Waals surface area contributed by atoms with E-state index in [4.69, 9.17) is 9.47 Å². The van der Waals surface area contributed by atoms with E-state index in [1.54, 1.807) is 0 Å². The molecule has 0 radical (unpaired) electrons. The van der Waals surface area contributed by atoms with Gasteiger partial charge >= 0.3 is 0 Å². The highest BCUT2D eigenvalue weighted by Gasteiger charge is 2.71. The molecule has 1 heterocycles. The molecule has 1 aliphatic heterocycles. The van der Waals surface area contributed by atoms with Gasteiger partial charge in [-0.2, -0.15) is 0 Å². The summed E-state index contributed by atoms with van der Waals surface area (Å²) in [6.07, 6.45) is -3.01. The summed E-state index contributed by atoms with van der Waals surface area (Å²) in [5.74, 6) is -0.929. The van der Waals surface area contributed by atoms with Gasteiger partial charge in [-0.25, -0.2) is 0 Å². The Morgan fingerprint density at radius 3 is 2.14 bits per heavy atom. The van der Waals surface area contributed by atoms with Gasteiger partial charge in [-0.1, -0.05) is 12.1 Å².